The maximum Gasteiger partial charge on any atom is 0.275 e. The third kappa shape index (κ3) is 2.38. The topological polar surface area (TPSA) is 33.2 Å². The van der Waals surface area contributed by atoms with Crippen molar-refractivity contribution in [3.05, 3.63) is 29.8 Å². The fourth-order valence-corrected chi connectivity index (χ4v) is 1.97. The number of hydrogen-bond acceptors (Lipinski definition) is 2. The van der Waals surface area contributed by atoms with Gasteiger partial charge in [0.2, 0.25) is 0 Å². The molecule has 2 rings (SSSR count). The van der Waals surface area contributed by atoms with E-state index in [4.69, 9.17) is 0 Å². The summed E-state index contributed by atoms with van der Waals surface area (Å²) in [4.78, 5) is 17.5. The van der Waals surface area contributed by atoms with E-state index < -0.39 is 5.82 Å². The van der Waals surface area contributed by atoms with Gasteiger partial charge in [0.15, 0.2) is 11.5 Å². The number of likely N-dealkylation sites (tertiary alicyclic amines) is 1. The molecule has 86 valence electrons. The monoisotopic (exact) mass is 222 g/mol. The first-order valence-corrected chi connectivity index (χ1v) is 5.69. The molecule has 2 heterocycles. The van der Waals surface area contributed by atoms with Gasteiger partial charge in [-0.3, -0.25) is 4.79 Å². The van der Waals surface area contributed by atoms with Crippen molar-refractivity contribution in [3.63, 3.8) is 0 Å². The van der Waals surface area contributed by atoms with E-state index in [1.165, 1.54) is 18.3 Å². The van der Waals surface area contributed by atoms with Crippen LogP contribution in [0.15, 0.2) is 18.3 Å². The summed E-state index contributed by atoms with van der Waals surface area (Å²) in [5.41, 5.74) is -0.0515. The number of carbonyl (C=O) groups excluding carboxylic acids is 1. The Balaban J connectivity index is 2.14. The molecule has 0 atom stereocenters. The van der Waals surface area contributed by atoms with Crippen LogP contribution < -0.4 is 0 Å². The molecular formula is C12H15FN2O. The first-order chi connectivity index (χ1) is 7.79. The van der Waals surface area contributed by atoms with E-state index in [1.807, 2.05) is 0 Å². The fraction of sp³-hybridized carbons (Fsp3) is 0.500. The minimum atomic E-state index is -0.531. The lowest BCUT2D eigenvalue weighted by Crippen LogP contribution is -2.33. The van der Waals surface area contributed by atoms with Crippen molar-refractivity contribution in [1.29, 1.82) is 0 Å². The minimum absolute atomic E-state index is 0.0515. The second-order valence-electron chi connectivity index (χ2n) is 4.04. The highest BCUT2D eigenvalue weighted by atomic mass is 19.1. The molecule has 1 aromatic rings. The lowest BCUT2D eigenvalue weighted by Gasteiger charge is -2.19. The van der Waals surface area contributed by atoms with Gasteiger partial charge in [-0.2, -0.15) is 0 Å². The van der Waals surface area contributed by atoms with E-state index in [-0.39, 0.29) is 11.6 Å². The van der Waals surface area contributed by atoms with Crippen molar-refractivity contribution < 1.29 is 9.18 Å². The van der Waals surface area contributed by atoms with Crippen LogP contribution in [-0.4, -0.2) is 28.9 Å². The van der Waals surface area contributed by atoms with Gasteiger partial charge in [-0.1, -0.05) is 12.8 Å². The van der Waals surface area contributed by atoms with Crippen LogP contribution in [0.4, 0.5) is 4.39 Å². The van der Waals surface area contributed by atoms with Crippen LogP contribution in [0, 0.1) is 5.82 Å². The Morgan fingerprint density at radius 3 is 2.56 bits per heavy atom. The molecule has 0 radical (unpaired) electrons. The zero-order valence-electron chi connectivity index (χ0n) is 9.16. The summed E-state index contributed by atoms with van der Waals surface area (Å²) in [6.45, 7) is 1.43. The molecule has 1 fully saturated rings. The number of carbonyl (C=O) groups is 1. The Kier molecular flexibility index (Phi) is 3.49. The zero-order valence-corrected chi connectivity index (χ0v) is 9.16. The first-order valence-electron chi connectivity index (χ1n) is 5.69. The molecular weight excluding hydrogens is 207 g/mol. The van der Waals surface area contributed by atoms with Crippen molar-refractivity contribution in [2.45, 2.75) is 25.7 Å². The quantitative estimate of drug-likeness (QED) is 0.730. The normalized spacial score (nSPS) is 16.9. The van der Waals surface area contributed by atoms with E-state index >= 15 is 0 Å². The van der Waals surface area contributed by atoms with Crippen molar-refractivity contribution in [3.8, 4) is 0 Å². The predicted molar refractivity (Wildman–Crippen MR) is 58.6 cm³/mol. The van der Waals surface area contributed by atoms with Crippen LogP contribution in [0.2, 0.25) is 0 Å². The van der Waals surface area contributed by atoms with Crippen LogP contribution >= 0.6 is 0 Å². The molecule has 4 heteroatoms. The minimum Gasteiger partial charge on any atom is -0.337 e. The number of halogens is 1. The third-order valence-corrected chi connectivity index (χ3v) is 2.85. The van der Waals surface area contributed by atoms with Crippen LogP contribution in [0.25, 0.3) is 0 Å². The van der Waals surface area contributed by atoms with Gasteiger partial charge in [-0.05, 0) is 25.0 Å². The Bertz CT molecular complexity index is 373. The van der Waals surface area contributed by atoms with Crippen molar-refractivity contribution in [1.82, 2.24) is 9.88 Å². The highest BCUT2D eigenvalue weighted by molar-refractivity contribution is 5.92. The highest BCUT2D eigenvalue weighted by Crippen LogP contribution is 2.13. The molecule has 1 saturated heterocycles. The molecule has 0 saturated carbocycles. The maximum atomic E-state index is 13.4. The van der Waals surface area contributed by atoms with Crippen LogP contribution in [-0.2, 0) is 0 Å². The number of hydrogen-bond donors (Lipinski definition) is 0. The van der Waals surface area contributed by atoms with Gasteiger partial charge in [0.05, 0.1) is 0 Å². The van der Waals surface area contributed by atoms with Crippen molar-refractivity contribution in [2.24, 2.45) is 0 Å². The number of rotatable bonds is 1. The zero-order chi connectivity index (χ0) is 11.4. The van der Waals surface area contributed by atoms with E-state index in [9.17, 15) is 9.18 Å². The van der Waals surface area contributed by atoms with E-state index in [0.717, 1.165) is 38.8 Å². The summed E-state index contributed by atoms with van der Waals surface area (Å²) < 4.78 is 13.4. The average molecular weight is 222 g/mol. The summed E-state index contributed by atoms with van der Waals surface area (Å²) in [6.07, 6.45) is 5.75. The third-order valence-electron chi connectivity index (χ3n) is 2.85. The van der Waals surface area contributed by atoms with Gasteiger partial charge in [0.1, 0.15) is 0 Å². The summed E-state index contributed by atoms with van der Waals surface area (Å²) >= 11 is 0. The molecule has 0 unspecified atom stereocenters. The molecule has 1 aliphatic heterocycles. The first kappa shape index (κ1) is 11.0. The molecule has 0 spiro atoms. The maximum absolute atomic E-state index is 13.4. The predicted octanol–water partition coefficient (Wildman–Crippen LogP) is 2.24. The lowest BCUT2D eigenvalue weighted by molar-refractivity contribution is 0.0750. The van der Waals surface area contributed by atoms with E-state index in [0.29, 0.717) is 0 Å². The van der Waals surface area contributed by atoms with Gasteiger partial charge >= 0.3 is 0 Å². The SMILES string of the molecule is O=C(c1ncccc1F)N1CCCCCC1. The van der Waals surface area contributed by atoms with Crippen LogP contribution in [0.1, 0.15) is 36.2 Å². The molecule has 1 amide bonds. The van der Waals surface area contributed by atoms with Crippen molar-refractivity contribution >= 4 is 5.91 Å². The molecule has 0 N–H and O–H groups in total. The fourth-order valence-electron chi connectivity index (χ4n) is 1.97. The Morgan fingerprint density at radius 2 is 1.94 bits per heavy atom. The van der Waals surface area contributed by atoms with Crippen LogP contribution in [0.5, 0.6) is 0 Å². The van der Waals surface area contributed by atoms with E-state index in [2.05, 4.69) is 4.98 Å². The van der Waals surface area contributed by atoms with Crippen molar-refractivity contribution in [2.75, 3.05) is 13.1 Å². The molecule has 1 aliphatic rings. The number of amides is 1. The summed E-state index contributed by atoms with van der Waals surface area (Å²) in [6, 6.07) is 2.77. The number of aromatic nitrogens is 1. The Labute approximate surface area is 94.3 Å². The van der Waals surface area contributed by atoms with E-state index in [1.54, 1.807) is 4.90 Å². The lowest BCUT2D eigenvalue weighted by atomic mass is 10.2. The largest absolute Gasteiger partial charge is 0.337 e. The Morgan fingerprint density at radius 1 is 1.25 bits per heavy atom. The highest BCUT2D eigenvalue weighted by Gasteiger charge is 2.20. The van der Waals surface area contributed by atoms with Gasteiger partial charge in [-0.15, -0.1) is 0 Å². The van der Waals surface area contributed by atoms with Gasteiger partial charge < -0.3 is 4.90 Å². The van der Waals surface area contributed by atoms with Gasteiger partial charge in [0, 0.05) is 19.3 Å². The van der Waals surface area contributed by atoms with Gasteiger partial charge in [-0.25, -0.2) is 9.37 Å². The van der Waals surface area contributed by atoms with Gasteiger partial charge in [0.25, 0.3) is 5.91 Å². The Hall–Kier alpha value is -1.45. The molecule has 0 aliphatic carbocycles. The second-order valence-corrected chi connectivity index (χ2v) is 4.04. The molecule has 0 bridgehead atoms. The second kappa shape index (κ2) is 5.05. The smallest absolute Gasteiger partial charge is 0.275 e. The molecule has 1 aromatic heterocycles. The number of nitrogens with zero attached hydrogens (tertiary/aromatic N) is 2. The van der Waals surface area contributed by atoms with Crippen LogP contribution in [0.3, 0.4) is 0 Å². The molecule has 16 heavy (non-hydrogen) atoms. The molecule has 3 nitrogen and oxygen atoms in total. The summed E-state index contributed by atoms with van der Waals surface area (Å²) in [7, 11) is 0. The average Bonchev–Trinajstić information content (AvgIpc) is 2.57. The molecule has 0 aromatic carbocycles. The standard InChI is InChI=1S/C12H15FN2O/c13-10-6-5-7-14-11(10)12(16)15-8-3-1-2-4-9-15/h5-7H,1-4,8-9H2. The summed E-state index contributed by atoms with van der Waals surface area (Å²) in [5, 5.41) is 0. The number of pyridine rings is 1. The summed E-state index contributed by atoms with van der Waals surface area (Å²) in [5.74, 6) is -0.809.